The molecule has 3 aromatic heterocycles. The SMILES string of the molecule is COc1ccc(CN(Cc2cccnc2)[C@@H](c2cc3cc(C)ccc3[nH]c2=O)c2nnnn2C2CCCCC2)cc1. The van der Waals surface area contributed by atoms with Crippen LogP contribution in [0.1, 0.15) is 72.3 Å². The highest BCUT2D eigenvalue weighted by Gasteiger charge is 2.33. The zero-order chi connectivity index (χ0) is 28.2. The molecule has 1 aliphatic carbocycles. The second-order valence-corrected chi connectivity index (χ2v) is 10.9. The lowest BCUT2D eigenvalue weighted by Crippen LogP contribution is -2.35. The van der Waals surface area contributed by atoms with Gasteiger partial charge in [-0.25, -0.2) is 4.68 Å². The van der Waals surface area contributed by atoms with Crippen LogP contribution in [-0.4, -0.2) is 42.2 Å². The Bertz CT molecular complexity index is 1660. The third-order valence-electron chi connectivity index (χ3n) is 8.02. The number of H-pyrrole nitrogens is 1. The third-order valence-corrected chi connectivity index (χ3v) is 8.02. The van der Waals surface area contributed by atoms with E-state index in [0.29, 0.717) is 24.5 Å². The lowest BCUT2D eigenvalue weighted by atomic mass is 9.95. The normalized spacial score (nSPS) is 14.9. The van der Waals surface area contributed by atoms with Gasteiger partial charge in [-0.1, -0.05) is 49.1 Å². The van der Waals surface area contributed by atoms with E-state index in [4.69, 9.17) is 4.74 Å². The van der Waals surface area contributed by atoms with E-state index in [1.54, 1.807) is 13.3 Å². The Hall–Kier alpha value is -4.37. The van der Waals surface area contributed by atoms with E-state index in [9.17, 15) is 4.79 Å². The average molecular weight is 550 g/mol. The molecule has 210 valence electrons. The van der Waals surface area contributed by atoms with Crippen molar-refractivity contribution in [2.75, 3.05) is 7.11 Å². The standard InChI is InChI=1S/C32H35N7O2/c1-22-10-15-29-25(17-22)18-28(32(40)34-29)30(31-35-36-37-39(31)26-8-4-3-5-9-26)38(21-24-7-6-16-33-19-24)20-23-11-13-27(41-2)14-12-23/h6-7,10-19,26,30H,3-5,8-9,20-21H2,1-2H3,(H,34,40)/t30-/m0/s1. The minimum absolute atomic E-state index is 0.143. The van der Waals surface area contributed by atoms with E-state index >= 15 is 0 Å². The number of pyridine rings is 2. The van der Waals surface area contributed by atoms with E-state index < -0.39 is 6.04 Å². The number of methoxy groups -OCH3 is 1. The van der Waals surface area contributed by atoms with Gasteiger partial charge in [0.2, 0.25) is 0 Å². The van der Waals surface area contributed by atoms with Crippen molar-refractivity contribution in [3.8, 4) is 5.75 Å². The molecule has 0 saturated heterocycles. The van der Waals surface area contributed by atoms with Crippen molar-refractivity contribution in [3.05, 3.63) is 111 Å². The molecule has 1 atom stereocenters. The van der Waals surface area contributed by atoms with Gasteiger partial charge in [-0.3, -0.25) is 14.7 Å². The smallest absolute Gasteiger partial charge is 0.253 e. The van der Waals surface area contributed by atoms with Gasteiger partial charge < -0.3 is 9.72 Å². The lowest BCUT2D eigenvalue weighted by Gasteiger charge is -2.32. The molecule has 5 aromatic rings. The molecule has 1 saturated carbocycles. The number of fused-ring (bicyclic) bond motifs is 1. The number of hydrogen-bond donors (Lipinski definition) is 1. The first-order valence-corrected chi connectivity index (χ1v) is 14.3. The Labute approximate surface area is 239 Å². The zero-order valence-corrected chi connectivity index (χ0v) is 23.5. The van der Waals surface area contributed by atoms with Crippen molar-refractivity contribution in [1.82, 2.24) is 35.1 Å². The maximum absolute atomic E-state index is 13.8. The highest BCUT2D eigenvalue weighted by Crippen LogP contribution is 2.34. The van der Waals surface area contributed by atoms with E-state index in [1.807, 2.05) is 47.3 Å². The molecule has 3 heterocycles. The van der Waals surface area contributed by atoms with Crippen molar-refractivity contribution in [1.29, 1.82) is 0 Å². The van der Waals surface area contributed by atoms with Gasteiger partial charge in [-0.05, 0) is 83.1 Å². The predicted molar refractivity (Wildman–Crippen MR) is 158 cm³/mol. The maximum Gasteiger partial charge on any atom is 0.253 e. The summed E-state index contributed by atoms with van der Waals surface area (Å²) in [5, 5.41) is 14.3. The number of hydrogen-bond acceptors (Lipinski definition) is 7. The molecular weight excluding hydrogens is 514 g/mol. The largest absolute Gasteiger partial charge is 0.497 e. The molecule has 1 fully saturated rings. The average Bonchev–Trinajstić information content (AvgIpc) is 3.48. The summed E-state index contributed by atoms with van der Waals surface area (Å²) in [5.74, 6) is 1.48. The molecule has 6 rings (SSSR count). The van der Waals surface area contributed by atoms with Gasteiger partial charge in [0, 0.05) is 36.6 Å². The minimum Gasteiger partial charge on any atom is -0.497 e. The molecule has 9 nitrogen and oxygen atoms in total. The van der Waals surface area contributed by atoms with Crippen LogP contribution in [-0.2, 0) is 13.1 Å². The van der Waals surface area contributed by atoms with Gasteiger partial charge in [-0.2, -0.15) is 0 Å². The molecule has 0 amide bonds. The van der Waals surface area contributed by atoms with Crippen LogP contribution < -0.4 is 10.3 Å². The Morgan fingerprint density at radius 1 is 1.02 bits per heavy atom. The van der Waals surface area contributed by atoms with Crippen LogP contribution >= 0.6 is 0 Å². The van der Waals surface area contributed by atoms with Gasteiger partial charge in [0.25, 0.3) is 5.56 Å². The first kappa shape index (κ1) is 26.8. The predicted octanol–water partition coefficient (Wildman–Crippen LogP) is 5.52. The fraction of sp³-hybridized carbons (Fsp3) is 0.344. The Kier molecular flexibility index (Phi) is 7.86. The fourth-order valence-corrected chi connectivity index (χ4v) is 5.94. The Balaban J connectivity index is 1.52. The highest BCUT2D eigenvalue weighted by atomic mass is 16.5. The minimum atomic E-state index is -0.497. The molecule has 0 bridgehead atoms. The maximum atomic E-state index is 13.8. The first-order valence-electron chi connectivity index (χ1n) is 14.3. The third kappa shape index (κ3) is 5.90. The number of aryl methyl sites for hydroxylation is 1. The van der Waals surface area contributed by atoms with E-state index in [-0.39, 0.29) is 11.6 Å². The molecule has 9 heteroatoms. The number of aromatic amines is 1. The van der Waals surface area contributed by atoms with E-state index in [1.165, 1.54) is 6.42 Å². The molecule has 41 heavy (non-hydrogen) atoms. The first-order chi connectivity index (χ1) is 20.1. The van der Waals surface area contributed by atoms with Crippen molar-refractivity contribution in [3.63, 3.8) is 0 Å². The summed E-state index contributed by atoms with van der Waals surface area (Å²) < 4.78 is 7.38. The number of nitrogens with zero attached hydrogens (tertiary/aromatic N) is 6. The van der Waals surface area contributed by atoms with Crippen molar-refractivity contribution >= 4 is 10.9 Å². The van der Waals surface area contributed by atoms with Crippen molar-refractivity contribution in [2.45, 2.75) is 64.2 Å². The fourth-order valence-electron chi connectivity index (χ4n) is 5.94. The summed E-state index contributed by atoms with van der Waals surface area (Å²) in [6.07, 6.45) is 9.22. The van der Waals surface area contributed by atoms with Gasteiger partial charge in [0.15, 0.2) is 5.82 Å². The lowest BCUT2D eigenvalue weighted by molar-refractivity contribution is 0.186. The second-order valence-electron chi connectivity index (χ2n) is 10.9. The van der Waals surface area contributed by atoms with Crippen molar-refractivity contribution < 1.29 is 4.74 Å². The molecule has 0 aliphatic heterocycles. The van der Waals surface area contributed by atoms with Crippen LogP contribution in [0.2, 0.25) is 0 Å². The van der Waals surface area contributed by atoms with Gasteiger partial charge in [0.1, 0.15) is 11.8 Å². The van der Waals surface area contributed by atoms with Gasteiger partial charge in [0.05, 0.1) is 13.2 Å². The topological polar surface area (TPSA) is 102 Å². The zero-order valence-electron chi connectivity index (χ0n) is 23.5. The monoisotopic (exact) mass is 549 g/mol. The second kappa shape index (κ2) is 12.0. The number of ether oxygens (including phenoxy) is 1. The summed E-state index contributed by atoms with van der Waals surface area (Å²) in [5.41, 5.74) is 4.54. The molecule has 1 aliphatic rings. The molecule has 1 N–H and O–H groups in total. The Morgan fingerprint density at radius 3 is 2.59 bits per heavy atom. The van der Waals surface area contributed by atoms with E-state index in [2.05, 4.69) is 61.6 Å². The highest BCUT2D eigenvalue weighted by molar-refractivity contribution is 5.79. The summed E-state index contributed by atoms with van der Waals surface area (Å²) >= 11 is 0. The quantitative estimate of drug-likeness (QED) is 0.258. The van der Waals surface area contributed by atoms with Gasteiger partial charge in [-0.15, -0.1) is 5.10 Å². The number of tetrazole rings is 1. The van der Waals surface area contributed by atoms with Crippen LogP contribution in [0.25, 0.3) is 10.9 Å². The van der Waals surface area contributed by atoms with Crippen LogP contribution in [0.5, 0.6) is 5.75 Å². The Morgan fingerprint density at radius 2 is 1.83 bits per heavy atom. The molecule has 0 radical (unpaired) electrons. The molecular formula is C32H35N7O2. The summed E-state index contributed by atoms with van der Waals surface area (Å²) in [7, 11) is 1.67. The number of rotatable bonds is 9. The summed E-state index contributed by atoms with van der Waals surface area (Å²) in [6.45, 7) is 3.17. The summed E-state index contributed by atoms with van der Waals surface area (Å²) in [6, 6.07) is 19.8. The van der Waals surface area contributed by atoms with E-state index in [0.717, 1.165) is 59.0 Å². The van der Waals surface area contributed by atoms with Crippen LogP contribution in [0.15, 0.2) is 77.9 Å². The van der Waals surface area contributed by atoms with Crippen LogP contribution in [0, 0.1) is 6.92 Å². The summed E-state index contributed by atoms with van der Waals surface area (Å²) in [4.78, 5) is 23.6. The molecule has 0 unspecified atom stereocenters. The van der Waals surface area contributed by atoms with Crippen molar-refractivity contribution in [2.24, 2.45) is 0 Å². The van der Waals surface area contributed by atoms with Gasteiger partial charge >= 0.3 is 0 Å². The number of nitrogens with one attached hydrogen (secondary N) is 1. The molecule has 2 aromatic carbocycles. The van der Waals surface area contributed by atoms with Crippen LogP contribution in [0.4, 0.5) is 0 Å². The number of benzene rings is 2. The molecule has 0 spiro atoms. The van der Waals surface area contributed by atoms with Crippen LogP contribution in [0.3, 0.4) is 0 Å². The number of aromatic nitrogens is 6.